The summed E-state index contributed by atoms with van der Waals surface area (Å²) < 4.78 is 14.0. The van der Waals surface area contributed by atoms with Crippen molar-refractivity contribution in [2.75, 3.05) is 0 Å². The first-order valence-electron chi connectivity index (χ1n) is 7.85. The van der Waals surface area contributed by atoms with Gasteiger partial charge >= 0.3 is 0 Å². The van der Waals surface area contributed by atoms with Gasteiger partial charge < -0.3 is 5.32 Å². The molecule has 1 aliphatic carbocycles. The van der Waals surface area contributed by atoms with Gasteiger partial charge in [-0.25, -0.2) is 4.39 Å². The molecule has 0 unspecified atom stereocenters. The first-order chi connectivity index (χ1) is 11.7. The molecule has 0 saturated carbocycles. The van der Waals surface area contributed by atoms with E-state index in [9.17, 15) is 9.18 Å². The molecule has 1 aliphatic rings. The third-order valence-corrected chi connectivity index (χ3v) is 4.36. The monoisotopic (exact) mass is 321 g/mol. The molecule has 5 heteroatoms. The number of hydrogen-bond acceptors (Lipinski definition) is 2. The van der Waals surface area contributed by atoms with Gasteiger partial charge in [0.2, 0.25) is 5.91 Å². The van der Waals surface area contributed by atoms with Gasteiger partial charge in [0.15, 0.2) is 0 Å². The van der Waals surface area contributed by atoms with Crippen LogP contribution in [0.15, 0.2) is 54.7 Å². The van der Waals surface area contributed by atoms with E-state index in [0.29, 0.717) is 12.0 Å². The number of carbonyl (C=O) groups is 1. The summed E-state index contributed by atoms with van der Waals surface area (Å²) in [5, 5.41) is 10.8. The molecule has 120 valence electrons. The average Bonchev–Trinajstić information content (AvgIpc) is 3.18. The molecule has 0 bridgehead atoms. The van der Waals surface area contributed by atoms with Crippen LogP contribution in [0.4, 0.5) is 4.39 Å². The summed E-state index contributed by atoms with van der Waals surface area (Å²) in [5.41, 5.74) is 3.36. The highest BCUT2D eigenvalue weighted by Crippen LogP contribution is 2.40. The molecule has 0 spiro atoms. The Balaban J connectivity index is 1.47. The van der Waals surface area contributed by atoms with Crippen LogP contribution >= 0.6 is 0 Å². The largest absolute Gasteiger partial charge is 0.346 e. The van der Waals surface area contributed by atoms with Crippen molar-refractivity contribution in [1.82, 2.24) is 15.5 Å². The number of hydrogen-bond donors (Lipinski definition) is 2. The lowest BCUT2D eigenvalue weighted by atomic mass is 10.1. The minimum Gasteiger partial charge on any atom is -0.346 e. The van der Waals surface area contributed by atoms with Gasteiger partial charge in [-0.3, -0.25) is 9.89 Å². The van der Waals surface area contributed by atoms with E-state index >= 15 is 0 Å². The lowest BCUT2D eigenvalue weighted by Crippen LogP contribution is -2.25. The van der Waals surface area contributed by atoms with Crippen LogP contribution in [0.25, 0.3) is 17.0 Å². The highest BCUT2D eigenvalue weighted by Gasteiger charge is 2.30. The van der Waals surface area contributed by atoms with Crippen molar-refractivity contribution in [2.24, 2.45) is 0 Å². The third kappa shape index (κ3) is 2.69. The van der Waals surface area contributed by atoms with Gasteiger partial charge in [0.05, 0.1) is 17.8 Å². The quantitative estimate of drug-likeness (QED) is 0.720. The van der Waals surface area contributed by atoms with Crippen LogP contribution in [-0.2, 0) is 4.79 Å². The molecule has 2 atom stereocenters. The molecule has 1 amide bonds. The molecule has 4 rings (SSSR count). The van der Waals surface area contributed by atoms with Gasteiger partial charge in [-0.15, -0.1) is 0 Å². The first-order valence-corrected chi connectivity index (χ1v) is 7.85. The second-order valence-electron chi connectivity index (χ2n) is 5.94. The van der Waals surface area contributed by atoms with E-state index in [1.54, 1.807) is 18.3 Å². The van der Waals surface area contributed by atoms with E-state index in [1.165, 1.54) is 6.08 Å². The van der Waals surface area contributed by atoms with Crippen LogP contribution in [0.3, 0.4) is 0 Å². The zero-order chi connectivity index (χ0) is 16.5. The molecule has 2 aromatic carbocycles. The van der Waals surface area contributed by atoms with Crippen molar-refractivity contribution in [3.8, 4) is 0 Å². The van der Waals surface area contributed by atoms with Crippen LogP contribution in [0.5, 0.6) is 0 Å². The number of aromatic nitrogens is 2. The number of H-pyrrole nitrogens is 1. The van der Waals surface area contributed by atoms with E-state index in [-0.39, 0.29) is 11.9 Å². The minimum absolute atomic E-state index is 0.228. The molecule has 2 N–H and O–H groups in total. The Morgan fingerprint density at radius 2 is 2.08 bits per heavy atom. The smallest absolute Gasteiger partial charge is 0.244 e. The molecule has 1 heterocycles. The van der Waals surface area contributed by atoms with Crippen LogP contribution in [-0.4, -0.2) is 16.1 Å². The predicted octanol–water partition coefficient (Wildman–Crippen LogP) is 3.85. The van der Waals surface area contributed by atoms with Crippen LogP contribution in [0, 0.1) is 0 Å². The van der Waals surface area contributed by atoms with Crippen LogP contribution in [0.2, 0.25) is 0 Å². The highest BCUT2D eigenvalue weighted by atomic mass is 19.1. The fourth-order valence-electron chi connectivity index (χ4n) is 3.16. The number of aromatic amines is 1. The summed E-state index contributed by atoms with van der Waals surface area (Å²) in [4.78, 5) is 12.2. The summed E-state index contributed by atoms with van der Waals surface area (Å²) in [7, 11) is 0. The molecule has 24 heavy (non-hydrogen) atoms. The Kier molecular flexibility index (Phi) is 3.61. The normalized spacial score (nSPS) is 19.7. The highest BCUT2D eigenvalue weighted by molar-refractivity contribution is 5.92. The number of alkyl halides is 1. The fraction of sp³-hybridized carbons (Fsp3) is 0.158. The number of rotatable bonds is 3. The van der Waals surface area contributed by atoms with E-state index in [1.807, 2.05) is 36.4 Å². The van der Waals surface area contributed by atoms with Crippen LogP contribution in [0.1, 0.15) is 35.3 Å². The first kappa shape index (κ1) is 14.6. The summed E-state index contributed by atoms with van der Waals surface area (Å²) in [6.07, 6.45) is 4.24. The Labute approximate surface area is 138 Å². The number of carbonyl (C=O) groups excluding carboxylic acids is 1. The zero-order valence-electron chi connectivity index (χ0n) is 12.9. The summed E-state index contributed by atoms with van der Waals surface area (Å²) in [6.45, 7) is 0. The van der Waals surface area contributed by atoms with E-state index < -0.39 is 6.17 Å². The molecule has 0 radical (unpaired) electrons. The molecule has 3 aromatic rings. The number of fused-ring (bicyclic) bond motifs is 2. The van der Waals surface area contributed by atoms with Gasteiger partial charge in [0.25, 0.3) is 0 Å². The van der Waals surface area contributed by atoms with Crippen LogP contribution < -0.4 is 5.32 Å². The van der Waals surface area contributed by atoms with Crippen molar-refractivity contribution in [2.45, 2.75) is 18.6 Å². The maximum absolute atomic E-state index is 14.0. The molecule has 0 aliphatic heterocycles. The lowest BCUT2D eigenvalue weighted by Gasteiger charge is -2.12. The molecular weight excluding hydrogens is 305 g/mol. The summed E-state index contributed by atoms with van der Waals surface area (Å²) in [5.74, 6) is -0.228. The van der Waals surface area contributed by atoms with Gasteiger partial charge in [0, 0.05) is 17.9 Å². The van der Waals surface area contributed by atoms with Gasteiger partial charge in [-0.2, -0.15) is 5.10 Å². The topological polar surface area (TPSA) is 57.8 Å². The lowest BCUT2D eigenvalue weighted by molar-refractivity contribution is -0.117. The molecule has 0 fully saturated rings. The summed E-state index contributed by atoms with van der Waals surface area (Å²) >= 11 is 0. The summed E-state index contributed by atoms with van der Waals surface area (Å²) in [6, 6.07) is 12.9. The number of nitrogens with one attached hydrogen (secondary N) is 2. The molecule has 0 saturated heterocycles. The van der Waals surface area contributed by atoms with E-state index in [0.717, 1.165) is 22.0 Å². The van der Waals surface area contributed by atoms with Gasteiger partial charge in [-0.05, 0) is 28.8 Å². The average molecular weight is 321 g/mol. The second-order valence-corrected chi connectivity index (χ2v) is 5.94. The Morgan fingerprint density at radius 3 is 2.96 bits per heavy atom. The van der Waals surface area contributed by atoms with Crippen molar-refractivity contribution in [3.63, 3.8) is 0 Å². The SMILES string of the molecule is O=C(/C=C\c1ccc2cn[nH]c2c1)N[C@@H]1C[C@H](F)c2ccccc21. The van der Waals surface area contributed by atoms with Crippen molar-refractivity contribution < 1.29 is 9.18 Å². The van der Waals surface area contributed by atoms with E-state index in [2.05, 4.69) is 15.5 Å². The Bertz CT molecular complexity index is 931. The number of benzene rings is 2. The number of nitrogens with zero attached hydrogens (tertiary/aromatic N) is 1. The standard InChI is InChI=1S/C19H16FN3O/c20-16-10-18(15-4-2-1-3-14(15)16)22-19(24)8-6-12-5-7-13-11-21-23-17(13)9-12/h1-9,11,16,18H,10H2,(H,21,23)(H,22,24)/b8-6-/t16-,18+/m0/s1. The second kappa shape index (κ2) is 5.92. The Morgan fingerprint density at radius 1 is 1.25 bits per heavy atom. The number of halogens is 1. The third-order valence-electron chi connectivity index (χ3n) is 4.36. The van der Waals surface area contributed by atoms with Gasteiger partial charge in [-0.1, -0.05) is 36.4 Å². The number of amides is 1. The van der Waals surface area contributed by atoms with Crippen molar-refractivity contribution in [1.29, 1.82) is 0 Å². The fourth-order valence-corrected chi connectivity index (χ4v) is 3.16. The zero-order valence-corrected chi connectivity index (χ0v) is 12.9. The predicted molar refractivity (Wildman–Crippen MR) is 90.9 cm³/mol. The molecule has 1 aromatic heterocycles. The molecule has 4 nitrogen and oxygen atoms in total. The van der Waals surface area contributed by atoms with E-state index in [4.69, 9.17) is 0 Å². The van der Waals surface area contributed by atoms with Crippen molar-refractivity contribution in [3.05, 3.63) is 71.4 Å². The Hall–Kier alpha value is -2.95. The minimum atomic E-state index is -1.02. The molecular formula is C19H16FN3O. The van der Waals surface area contributed by atoms with Gasteiger partial charge in [0.1, 0.15) is 6.17 Å². The maximum atomic E-state index is 14.0. The maximum Gasteiger partial charge on any atom is 0.244 e. The van der Waals surface area contributed by atoms with Crippen molar-refractivity contribution >= 4 is 22.9 Å².